The van der Waals surface area contributed by atoms with Crippen LogP contribution in [0.3, 0.4) is 0 Å². The molecule has 4 rings (SSSR count). The van der Waals surface area contributed by atoms with Gasteiger partial charge in [0.05, 0.1) is 0 Å². The third-order valence-corrected chi connectivity index (χ3v) is 5.17. The lowest BCUT2D eigenvalue weighted by molar-refractivity contribution is 0.178. The second-order valence-corrected chi connectivity index (χ2v) is 7.31. The van der Waals surface area contributed by atoms with Crippen LogP contribution in [0.25, 0.3) is 5.57 Å². The molecular weight excluding hydrogens is 332 g/mol. The van der Waals surface area contributed by atoms with Crippen LogP contribution in [0.5, 0.6) is 0 Å². The Balaban J connectivity index is 1.78. The molecule has 0 fully saturated rings. The highest BCUT2D eigenvalue weighted by Gasteiger charge is 2.29. The van der Waals surface area contributed by atoms with E-state index in [1.54, 1.807) is 0 Å². The molecule has 0 atom stereocenters. The van der Waals surface area contributed by atoms with E-state index in [2.05, 4.69) is 97.7 Å². The van der Waals surface area contributed by atoms with Crippen LogP contribution in [0.15, 0.2) is 83.8 Å². The lowest BCUT2D eigenvalue weighted by Crippen LogP contribution is -2.26. The van der Waals surface area contributed by atoms with Gasteiger partial charge in [0.25, 0.3) is 0 Å². The maximum Gasteiger partial charge on any atom is 0.101 e. The molecule has 138 valence electrons. The second kappa shape index (κ2) is 7.45. The Kier molecular flexibility index (Phi) is 4.87. The molecule has 0 radical (unpaired) electrons. The third kappa shape index (κ3) is 3.43. The molecule has 2 aliphatic rings. The number of likely N-dealkylation sites (N-methyl/N-ethyl adjacent to an activating group) is 2. The fourth-order valence-corrected chi connectivity index (χ4v) is 3.79. The van der Waals surface area contributed by atoms with Crippen molar-refractivity contribution in [2.45, 2.75) is 6.42 Å². The number of nitrogens with zero attached hydrogens (tertiary/aromatic N) is 2. The van der Waals surface area contributed by atoms with Crippen LogP contribution in [0, 0.1) is 0 Å². The van der Waals surface area contributed by atoms with Crippen molar-refractivity contribution in [3.63, 3.8) is 0 Å². The van der Waals surface area contributed by atoms with E-state index < -0.39 is 0 Å². The van der Waals surface area contributed by atoms with E-state index in [1.165, 1.54) is 33.7 Å². The Morgan fingerprint density at radius 2 is 1.70 bits per heavy atom. The largest absolute Gasteiger partial charge is 0.496 e. The summed E-state index contributed by atoms with van der Waals surface area (Å²) < 4.78 is 6.07. The highest BCUT2D eigenvalue weighted by molar-refractivity contribution is 5.95. The first-order chi connectivity index (χ1) is 13.1. The molecule has 1 heterocycles. The number of hydrogen-bond donors (Lipinski definition) is 0. The molecule has 0 saturated heterocycles. The molecule has 1 aliphatic heterocycles. The summed E-state index contributed by atoms with van der Waals surface area (Å²) in [5.74, 6) is 1.04. The first-order valence-electron chi connectivity index (χ1n) is 9.45. The Hall–Kier alpha value is -2.78. The lowest BCUT2D eigenvalue weighted by atomic mass is 9.83. The van der Waals surface area contributed by atoms with Gasteiger partial charge in [-0.3, -0.25) is 0 Å². The lowest BCUT2D eigenvalue weighted by Gasteiger charge is -2.36. The quantitative estimate of drug-likeness (QED) is 0.771. The van der Waals surface area contributed by atoms with Crippen molar-refractivity contribution in [3.05, 3.63) is 94.9 Å². The van der Waals surface area contributed by atoms with E-state index in [4.69, 9.17) is 4.74 Å². The molecule has 3 nitrogen and oxygen atoms in total. The number of benzene rings is 2. The van der Waals surface area contributed by atoms with Gasteiger partial charge in [-0.15, -0.1) is 0 Å². The maximum absolute atomic E-state index is 6.07. The molecule has 0 saturated carbocycles. The standard InChI is InChI=1S/C24H26N2O/c1-25(2)15-16-27-19-13-14-23-21(17-19)24(18-9-5-4-6-10-18)20-11-7-8-12-22(20)26(23)3/h4-14H,15-17H2,1-3H3. The smallest absolute Gasteiger partial charge is 0.101 e. The molecule has 2 aromatic carbocycles. The van der Waals surface area contributed by atoms with Gasteiger partial charge in [-0.2, -0.15) is 0 Å². The van der Waals surface area contributed by atoms with E-state index in [9.17, 15) is 0 Å². The molecule has 1 aliphatic carbocycles. The Morgan fingerprint density at radius 3 is 2.48 bits per heavy atom. The summed E-state index contributed by atoms with van der Waals surface area (Å²) in [5.41, 5.74) is 7.70. The Morgan fingerprint density at radius 1 is 0.963 bits per heavy atom. The molecule has 0 N–H and O–H groups in total. The van der Waals surface area contributed by atoms with E-state index in [1.807, 2.05) is 0 Å². The zero-order valence-electron chi connectivity index (χ0n) is 16.3. The van der Waals surface area contributed by atoms with Gasteiger partial charge in [-0.25, -0.2) is 0 Å². The molecule has 0 unspecified atom stereocenters. The van der Waals surface area contributed by atoms with Crippen LogP contribution in [0.1, 0.15) is 17.5 Å². The highest BCUT2D eigenvalue weighted by Crippen LogP contribution is 2.45. The van der Waals surface area contributed by atoms with Crippen molar-refractivity contribution >= 4 is 11.3 Å². The number of anilines is 1. The number of hydrogen-bond acceptors (Lipinski definition) is 3. The molecule has 3 heteroatoms. The monoisotopic (exact) mass is 358 g/mol. The minimum Gasteiger partial charge on any atom is -0.496 e. The van der Waals surface area contributed by atoms with Crippen LogP contribution in [-0.2, 0) is 4.74 Å². The fourth-order valence-electron chi connectivity index (χ4n) is 3.79. The second-order valence-electron chi connectivity index (χ2n) is 7.31. The molecule has 0 bridgehead atoms. The topological polar surface area (TPSA) is 15.7 Å². The molecule has 0 amide bonds. The fraction of sp³-hybridized carbons (Fsp3) is 0.250. The van der Waals surface area contributed by atoms with Crippen LogP contribution < -0.4 is 4.90 Å². The van der Waals surface area contributed by atoms with Crippen molar-refractivity contribution in [2.24, 2.45) is 0 Å². The zero-order chi connectivity index (χ0) is 18.8. The van der Waals surface area contributed by atoms with Gasteiger partial charge < -0.3 is 14.5 Å². The predicted molar refractivity (Wildman–Crippen MR) is 113 cm³/mol. The number of fused-ring (bicyclic) bond motifs is 2. The minimum absolute atomic E-state index is 0.711. The zero-order valence-corrected chi connectivity index (χ0v) is 16.3. The summed E-state index contributed by atoms with van der Waals surface area (Å²) in [6, 6.07) is 19.4. The molecule has 2 aromatic rings. The maximum atomic E-state index is 6.07. The van der Waals surface area contributed by atoms with Crippen LogP contribution in [0.4, 0.5) is 5.69 Å². The van der Waals surface area contributed by atoms with Gasteiger partial charge in [0.15, 0.2) is 0 Å². The first-order valence-corrected chi connectivity index (χ1v) is 9.45. The van der Waals surface area contributed by atoms with Gasteiger partial charge in [0, 0.05) is 37.0 Å². The van der Waals surface area contributed by atoms with Gasteiger partial charge in [0.2, 0.25) is 0 Å². The van der Waals surface area contributed by atoms with Gasteiger partial charge >= 0.3 is 0 Å². The van der Waals surface area contributed by atoms with Gasteiger partial charge in [-0.1, -0.05) is 48.5 Å². The van der Waals surface area contributed by atoms with Crippen molar-refractivity contribution in [2.75, 3.05) is 39.2 Å². The molecule has 27 heavy (non-hydrogen) atoms. The normalized spacial score (nSPS) is 15.9. The summed E-state index contributed by atoms with van der Waals surface area (Å²) in [6.07, 6.45) is 5.15. The predicted octanol–water partition coefficient (Wildman–Crippen LogP) is 4.69. The molecular formula is C24H26N2O. The number of rotatable bonds is 5. The van der Waals surface area contributed by atoms with Crippen molar-refractivity contribution in [1.82, 2.24) is 4.90 Å². The number of allylic oxidation sites excluding steroid dienone is 4. The van der Waals surface area contributed by atoms with E-state index in [0.717, 1.165) is 18.7 Å². The van der Waals surface area contributed by atoms with E-state index >= 15 is 0 Å². The Bertz CT molecular complexity index is 922. The molecule has 0 aromatic heterocycles. The first kappa shape index (κ1) is 17.6. The minimum atomic E-state index is 0.711. The summed E-state index contributed by atoms with van der Waals surface area (Å²) in [7, 11) is 6.29. The van der Waals surface area contributed by atoms with Crippen molar-refractivity contribution in [3.8, 4) is 0 Å². The van der Waals surface area contributed by atoms with Crippen LogP contribution in [-0.4, -0.2) is 39.2 Å². The van der Waals surface area contributed by atoms with Crippen molar-refractivity contribution < 1.29 is 4.74 Å². The van der Waals surface area contributed by atoms with E-state index in [-0.39, 0.29) is 0 Å². The number of ether oxygens (including phenoxy) is 1. The van der Waals surface area contributed by atoms with E-state index in [0.29, 0.717) is 6.61 Å². The summed E-state index contributed by atoms with van der Waals surface area (Å²) in [6.45, 7) is 1.63. The van der Waals surface area contributed by atoms with Gasteiger partial charge in [0.1, 0.15) is 12.4 Å². The number of para-hydroxylation sites is 1. The summed E-state index contributed by atoms with van der Waals surface area (Å²) >= 11 is 0. The summed E-state index contributed by atoms with van der Waals surface area (Å²) in [4.78, 5) is 4.44. The van der Waals surface area contributed by atoms with Crippen molar-refractivity contribution in [1.29, 1.82) is 0 Å². The highest BCUT2D eigenvalue weighted by atomic mass is 16.5. The Labute approximate surface area is 161 Å². The SMILES string of the molecule is CN(C)CCOC1=CC=C2C(=C(c3ccccc3)c3ccccc3N2C)C1. The van der Waals surface area contributed by atoms with Crippen LogP contribution >= 0.6 is 0 Å². The van der Waals surface area contributed by atoms with Gasteiger partial charge in [-0.05, 0) is 49.0 Å². The average molecular weight is 358 g/mol. The van der Waals surface area contributed by atoms with Crippen LogP contribution in [0.2, 0.25) is 0 Å². The summed E-state index contributed by atoms with van der Waals surface area (Å²) in [5, 5.41) is 0. The third-order valence-electron chi connectivity index (χ3n) is 5.17. The molecule has 0 spiro atoms. The average Bonchev–Trinajstić information content (AvgIpc) is 2.69.